The first kappa shape index (κ1) is 14.1. The standard InChI is InChI=1S/C17H20ClN/c1-12-4-6-15(7-5-12)14(3)19-11-16-8-9-17(18)10-13(16)2/h4-10,14,19H,11H2,1-3H3/t14-/m1/s1. The lowest BCUT2D eigenvalue weighted by Gasteiger charge is -2.15. The maximum atomic E-state index is 5.97. The minimum Gasteiger partial charge on any atom is -0.306 e. The lowest BCUT2D eigenvalue weighted by molar-refractivity contribution is 0.573. The molecule has 0 aliphatic rings. The first-order valence-corrected chi connectivity index (χ1v) is 6.99. The Labute approximate surface area is 120 Å². The minimum atomic E-state index is 0.343. The normalized spacial score (nSPS) is 12.4. The Hall–Kier alpha value is -1.31. The zero-order valence-electron chi connectivity index (χ0n) is 11.7. The van der Waals surface area contributed by atoms with Crippen molar-refractivity contribution < 1.29 is 0 Å². The van der Waals surface area contributed by atoms with E-state index in [0.29, 0.717) is 6.04 Å². The molecule has 0 amide bonds. The van der Waals surface area contributed by atoms with E-state index in [4.69, 9.17) is 11.6 Å². The minimum absolute atomic E-state index is 0.343. The molecule has 0 bridgehead atoms. The van der Waals surface area contributed by atoms with Gasteiger partial charge in [0.2, 0.25) is 0 Å². The molecule has 0 saturated carbocycles. The highest BCUT2D eigenvalue weighted by Crippen LogP contribution is 2.17. The average Bonchev–Trinajstić information content (AvgIpc) is 2.38. The highest BCUT2D eigenvalue weighted by atomic mass is 35.5. The third-order valence-corrected chi connectivity index (χ3v) is 3.72. The van der Waals surface area contributed by atoms with Gasteiger partial charge in [0.25, 0.3) is 0 Å². The number of aryl methyl sites for hydroxylation is 2. The van der Waals surface area contributed by atoms with Crippen molar-refractivity contribution in [1.82, 2.24) is 5.32 Å². The molecule has 2 aromatic rings. The van der Waals surface area contributed by atoms with Gasteiger partial charge in [-0.1, -0.05) is 47.5 Å². The van der Waals surface area contributed by atoms with Crippen LogP contribution in [0.25, 0.3) is 0 Å². The van der Waals surface area contributed by atoms with Crippen molar-refractivity contribution in [2.45, 2.75) is 33.4 Å². The zero-order chi connectivity index (χ0) is 13.8. The maximum Gasteiger partial charge on any atom is 0.0408 e. The Morgan fingerprint density at radius 1 is 1.05 bits per heavy atom. The second kappa shape index (κ2) is 6.23. The Bertz CT molecular complexity index is 546. The van der Waals surface area contributed by atoms with Crippen molar-refractivity contribution in [1.29, 1.82) is 0 Å². The SMILES string of the molecule is Cc1ccc([C@@H](C)NCc2ccc(Cl)cc2C)cc1. The molecule has 0 aromatic heterocycles. The van der Waals surface area contributed by atoms with E-state index in [9.17, 15) is 0 Å². The Kier molecular flexibility index (Phi) is 4.62. The number of hydrogen-bond acceptors (Lipinski definition) is 1. The molecule has 2 rings (SSSR count). The predicted octanol–water partition coefficient (Wildman–Crippen LogP) is 4.81. The molecule has 2 aromatic carbocycles. The summed E-state index contributed by atoms with van der Waals surface area (Å²) in [6.07, 6.45) is 0. The second-order valence-corrected chi connectivity index (χ2v) is 5.52. The fraction of sp³-hybridized carbons (Fsp3) is 0.294. The van der Waals surface area contributed by atoms with Gasteiger partial charge >= 0.3 is 0 Å². The number of halogens is 1. The van der Waals surface area contributed by atoms with Gasteiger partial charge in [-0.2, -0.15) is 0 Å². The molecule has 19 heavy (non-hydrogen) atoms. The van der Waals surface area contributed by atoms with Gasteiger partial charge in [-0.25, -0.2) is 0 Å². The van der Waals surface area contributed by atoms with E-state index in [0.717, 1.165) is 11.6 Å². The largest absolute Gasteiger partial charge is 0.306 e. The second-order valence-electron chi connectivity index (χ2n) is 5.08. The fourth-order valence-corrected chi connectivity index (χ4v) is 2.32. The van der Waals surface area contributed by atoms with Crippen molar-refractivity contribution in [3.05, 3.63) is 69.7 Å². The monoisotopic (exact) mass is 273 g/mol. The van der Waals surface area contributed by atoms with Gasteiger partial charge in [0.1, 0.15) is 0 Å². The van der Waals surface area contributed by atoms with Crippen LogP contribution in [0.3, 0.4) is 0 Å². The van der Waals surface area contributed by atoms with Gasteiger partial charge < -0.3 is 5.32 Å². The summed E-state index contributed by atoms with van der Waals surface area (Å²) in [6.45, 7) is 7.26. The van der Waals surface area contributed by atoms with Crippen LogP contribution in [0.2, 0.25) is 5.02 Å². The first-order valence-electron chi connectivity index (χ1n) is 6.61. The summed E-state index contributed by atoms with van der Waals surface area (Å²) in [5, 5.41) is 4.35. The Morgan fingerprint density at radius 2 is 1.74 bits per heavy atom. The summed E-state index contributed by atoms with van der Waals surface area (Å²) in [4.78, 5) is 0. The van der Waals surface area contributed by atoms with Crippen LogP contribution >= 0.6 is 11.6 Å². The Morgan fingerprint density at radius 3 is 2.37 bits per heavy atom. The van der Waals surface area contributed by atoms with Gasteiger partial charge in [-0.05, 0) is 49.6 Å². The molecule has 0 aliphatic carbocycles. The van der Waals surface area contributed by atoms with Gasteiger partial charge in [0, 0.05) is 17.6 Å². The van der Waals surface area contributed by atoms with E-state index in [1.807, 2.05) is 12.1 Å². The molecule has 0 radical (unpaired) electrons. The van der Waals surface area contributed by atoms with Gasteiger partial charge in [-0.15, -0.1) is 0 Å². The predicted molar refractivity (Wildman–Crippen MR) is 82.6 cm³/mol. The Balaban J connectivity index is 2.00. The van der Waals surface area contributed by atoms with E-state index in [1.54, 1.807) is 0 Å². The number of rotatable bonds is 4. The highest BCUT2D eigenvalue weighted by Gasteiger charge is 2.05. The quantitative estimate of drug-likeness (QED) is 0.843. The van der Waals surface area contributed by atoms with Crippen molar-refractivity contribution in [2.24, 2.45) is 0 Å². The van der Waals surface area contributed by atoms with Crippen molar-refractivity contribution in [3.8, 4) is 0 Å². The highest BCUT2D eigenvalue weighted by molar-refractivity contribution is 6.30. The van der Waals surface area contributed by atoms with E-state index in [1.165, 1.54) is 22.3 Å². The van der Waals surface area contributed by atoms with E-state index in [-0.39, 0.29) is 0 Å². The first-order chi connectivity index (χ1) is 9.06. The molecule has 0 saturated heterocycles. The molecular formula is C17H20ClN. The van der Waals surface area contributed by atoms with E-state index >= 15 is 0 Å². The third-order valence-electron chi connectivity index (χ3n) is 3.48. The maximum absolute atomic E-state index is 5.97. The molecule has 1 nitrogen and oxygen atoms in total. The molecule has 2 heteroatoms. The summed E-state index contributed by atoms with van der Waals surface area (Å²) in [6, 6.07) is 15.1. The van der Waals surface area contributed by atoms with Crippen LogP contribution in [0.5, 0.6) is 0 Å². The number of hydrogen-bond donors (Lipinski definition) is 1. The van der Waals surface area contributed by atoms with Crippen molar-refractivity contribution in [3.63, 3.8) is 0 Å². The van der Waals surface area contributed by atoms with Gasteiger partial charge in [-0.3, -0.25) is 0 Å². The molecule has 0 fully saturated rings. The van der Waals surface area contributed by atoms with E-state index < -0.39 is 0 Å². The fourth-order valence-electron chi connectivity index (χ4n) is 2.09. The smallest absolute Gasteiger partial charge is 0.0408 e. The zero-order valence-corrected chi connectivity index (χ0v) is 12.5. The average molecular weight is 274 g/mol. The van der Waals surface area contributed by atoms with Crippen LogP contribution in [0.1, 0.15) is 35.2 Å². The molecule has 0 spiro atoms. The summed E-state index contributed by atoms with van der Waals surface area (Å²) in [5.74, 6) is 0. The number of nitrogens with one attached hydrogen (secondary N) is 1. The third kappa shape index (κ3) is 3.82. The van der Waals surface area contributed by atoms with Crippen LogP contribution in [0.4, 0.5) is 0 Å². The van der Waals surface area contributed by atoms with Crippen LogP contribution in [-0.2, 0) is 6.54 Å². The summed E-state index contributed by atoms with van der Waals surface area (Å²) < 4.78 is 0. The summed E-state index contributed by atoms with van der Waals surface area (Å²) >= 11 is 5.97. The lowest BCUT2D eigenvalue weighted by Crippen LogP contribution is -2.18. The molecule has 0 heterocycles. The van der Waals surface area contributed by atoms with Crippen molar-refractivity contribution in [2.75, 3.05) is 0 Å². The summed E-state index contributed by atoms with van der Waals surface area (Å²) in [7, 11) is 0. The van der Waals surface area contributed by atoms with Crippen LogP contribution in [0.15, 0.2) is 42.5 Å². The van der Waals surface area contributed by atoms with Gasteiger partial charge in [0.05, 0.1) is 0 Å². The van der Waals surface area contributed by atoms with Crippen LogP contribution < -0.4 is 5.32 Å². The summed E-state index contributed by atoms with van der Waals surface area (Å²) in [5.41, 5.74) is 5.14. The molecule has 100 valence electrons. The molecule has 1 atom stereocenters. The van der Waals surface area contributed by atoms with Crippen LogP contribution in [-0.4, -0.2) is 0 Å². The van der Waals surface area contributed by atoms with Crippen molar-refractivity contribution >= 4 is 11.6 Å². The molecule has 0 aliphatic heterocycles. The topological polar surface area (TPSA) is 12.0 Å². The lowest BCUT2D eigenvalue weighted by atomic mass is 10.1. The molecular weight excluding hydrogens is 254 g/mol. The van der Waals surface area contributed by atoms with Gasteiger partial charge in [0.15, 0.2) is 0 Å². The van der Waals surface area contributed by atoms with Crippen LogP contribution in [0, 0.1) is 13.8 Å². The van der Waals surface area contributed by atoms with E-state index in [2.05, 4.69) is 56.4 Å². The number of benzene rings is 2. The molecule has 0 unspecified atom stereocenters. The molecule has 1 N–H and O–H groups in total.